The van der Waals surface area contributed by atoms with E-state index in [0.717, 1.165) is 23.4 Å². The van der Waals surface area contributed by atoms with Gasteiger partial charge in [-0.15, -0.1) is 0 Å². The molecule has 0 saturated carbocycles. The molecule has 0 saturated heterocycles. The Bertz CT molecular complexity index is 719. The lowest BCUT2D eigenvalue weighted by atomic mass is 10.2. The average Bonchev–Trinajstić information content (AvgIpc) is 2.64. The minimum absolute atomic E-state index is 0.583. The maximum Gasteiger partial charge on any atom is 0.151 e. The summed E-state index contributed by atoms with van der Waals surface area (Å²) in [6.07, 6.45) is 6.00. The fourth-order valence-electron chi connectivity index (χ4n) is 2.44. The lowest BCUT2D eigenvalue weighted by molar-refractivity contribution is 0.112. The van der Waals surface area contributed by atoms with E-state index in [-0.39, 0.29) is 0 Å². The molecule has 0 aliphatic carbocycles. The van der Waals surface area contributed by atoms with E-state index in [0.29, 0.717) is 25.2 Å². The van der Waals surface area contributed by atoms with Crippen LogP contribution in [0, 0.1) is 0 Å². The predicted octanol–water partition coefficient (Wildman–Crippen LogP) is 2.89. The quantitative estimate of drug-likeness (QED) is 0.627. The summed E-state index contributed by atoms with van der Waals surface area (Å²) in [5.74, 6) is 0. The van der Waals surface area contributed by atoms with E-state index in [1.54, 1.807) is 24.7 Å². The maximum atomic E-state index is 10.8. The molecule has 0 unspecified atom stereocenters. The van der Waals surface area contributed by atoms with Gasteiger partial charge in [-0.05, 0) is 36.4 Å². The third-order valence-corrected chi connectivity index (χ3v) is 3.59. The second kappa shape index (κ2) is 8.08. The molecule has 5 nitrogen and oxygen atoms in total. The summed E-state index contributed by atoms with van der Waals surface area (Å²) in [4.78, 5) is 26.1. The van der Waals surface area contributed by atoms with Gasteiger partial charge in [0, 0.05) is 43.8 Å². The molecule has 24 heavy (non-hydrogen) atoms. The number of hydrogen-bond acceptors (Lipinski definition) is 5. The van der Waals surface area contributed by atoms with Crippen LogP contribution in [0.15, 0.2) is 67.1 Å². The summed E-state index contributed by atoms with van der Waals surface area (Å²) >= 11 is 0. The maximum absolute atomic E-state index is 10.8. The zero-order valence-corrected chi connectivity index (χ0v) is 13.2. The molecule has 120 valence electrons. The standard InChI is InChI=1S/C19H18N4O/c24-15-16-7-8-19(22-11-16)14-23(12-17-5-1-3-9-20-17)13-18-6-2-4-10-21-18/h1-11,15H,12-14H2. The summed E-state index contributed by atoms with van der Waals surface area (Å²) in [7, 11) is 0. The highest BCUT2D eigenvalue weighted by Crippen LogP contribution is 2.11. The van der Waals surface area contributed by atoms with Crippen molar-refractivity contribution < 1.29 is 4.79 Å². The number of nitrogens with zero attached hydrogens (tertiary/aromatic N) is 4. The Kier molecular flexibility index (Phi) is 5.37. The van der Waals surface area contributed by atoms with E-state index in [9.17, 15) is 4.79 Å². The highest BCUT2D eigenvalue weighted by Gasteiger charge is 2.10. The van der Waals surface area contributed by atoms with Gasteiger partial charge in [0.15, 0.2) is 6.29 Å². The number of carbonyl (C=O) groups excluding carboxylic acids is 1. The number of aldehydes is 1. The van der Waals surface area contributed by atoms with Crippen molar-refractivity contribution in [3.05, 3.63) is 89.8 Å². The fourth-order valence-corrected chi connectivity index (χ4v) is 2.44. The van der Waals surface area contributed by atoms with Crippen LogP contribution in [0.5, 0.6) is 0 Å². The lowest BCUT2D eigenvalue weighted by Crippen LogP contribution is -2.24. The monoisotopic (exact) mass is 318 g/mol. The van der Waals surface area contributed by atoms with E-state index in [4.69, 9.17) is 0 Å². The van der Waals surface area contributed by atoms with Gasteiger partial charge in [-0.25, -0.2) is 0 Å². The number of aromatic nitrogens is 3. The highest BCUT2D eigenvalue weighted by molar-refractivity contribution is 5.73. The van der Waals surface area contributed by atoms with Crippen molar-refractivity contribution in [1.82, 2.24) is 19.9 Å². The predicted molar refractivity (Wildman–Crippen MR) is 91.0 cm³/mol. The molecular weight excluding hydrogens is 300 g/mol. The highest BCUT2D eigenvalue weighted by atomic mass is 16.1. The zero-order valence-electron chi connectivity index (χ0n) is 13.2. The van der Waals surface area contributed by atoms with Gasteiger partial charge in [-0.1, -0.05) is 12.1 Å². The van der Waals surface area contributed by atoms with E-state index in [1.165, 1.54) is 0 Å². The SMILES string of the molecule is O=Cc1ccc(CN(Cc2ccccn2)Cc2ccccn2)nc1. The first kappa shape index (κ1) is 16.0. The van der Waals surface area contributed by atoms with E-state index >= 15 is 0 Å². The second-order valence-corrected chi connectivity index (χ2v) is 5.49. The van der Waals surface area contributed by atoms with Crippen molar-refractivity contribution in [3.8, 4) is 0 Å². The lowest BCUT2D eigenvalue weighted by Gasteiger charge is -2.21. The van der Waals surface area contributed by atoms with Crippen molar-refractivity contribution in [1.29, 1.82) is 0 Å². The minimum Gasteiger partial charge on any atom is -0.298 e. The first-order valence-corrected chi connectivity index (χ1v) is 7.76. The van der Waals surface area contributed by atoms with Crippen molar-refractivity contribution in [2.24, 2.45) is 0 Å². The minimum atomic E-state index is 0.583. The van der Waals surface area contributed by atoms with Gasteiger partial charge in [0.25, 0.3) is 0 Å². The van der Waals surface area contributed by atoms with E-state index in [2.05, 4.69) is 19.9 Å². The van der Waals surface area contributed by atoms with Crippen LogP contribution in [0.1, 0.15) is 27.4 Å². The van der Waals surface area contributed by atoms with E-state index < -0.39 is 0 Å². The fraction of sp³-hybridized carbons (Fsp3) is 0.158. The molecule has 0 fully saturated rings. The Balaban J connectivity index is 1.76. The van der Waals surface area contributed by atoms with Gasteiger partial charge >= 0.3 is 0 Å². The molecule has 0 amide bonds. The van der Waals surface area contributed by atoms with Crippen LogP contribution in [-0.2, 0) is 19.6 Å². The molecule has 3 heterocycles. The molecule has 0 atom stereocenters. The van der Waals surface area contributed by atoms with Gasteiger partial charge in [0.1, 0.15) is 0 Å². The Labute approximate surface area is 141 Å². The molecular formula is C19H18N4O. The Morgan fingerprint density at radius 2 is 1.33 bits per heavy atom. The van der Waals surface area contributed by atoms with Gasteiger partial charge in [0.2, 0.25) is 0 Å². The van der Waals surface area contributed by atoms with Crippen LogP contribution in [0.25, 0.3) is 0 Å². The average molecular weight is 318 g/mol. The summed E-state index contributed by atoms with van der Waals surface area (Å²) in [5, 5.41) is 0. The zero-order chi connectivity index (χ0) is 16.6. The molecule has 5 heteroatoms. The number of rotatable bonds is 7. The molecule has 3 aromatic heterocycles. The molecule has 0 radical (unpaired) electrons. The molecule has 0 aliphatic rings. The van der Waals surface area contributed by atoms with Crippen LogP contribution in [0.4, 0.5) is 0 Å². The van der Waals surface area contributed by atoms with Crippen LogP contribution in [-0.4, -0.2) is 26.1 Å². The smallest absolute Gasteiger partial charge is 0.151 e. The van der Waals surface area contributed by atoms with Crippen LogP contribution >= 0.6 is 0 Å². The molecule has 3 rings (SSSR count). The first-order chi connectivity index (χ1) is 11.8. The Hall–Kier alpha value is -2.92. The summed E-state index contributed by atoms with van der Waals surface area (Å²) in [5.41, 5.74) is 3.49. The van der Waals surface area contributed by atoms with Crippen molar-refractivity contribution >= 4 is 6.29 Å². The molecule has 0 aliphatic heterocycles. The van der Waals surface area contributed by atoms with Gasteiger partial charge in [-0.2, -0.15) is 0 Å². The number of carbonyl (C=O) groups is 1. The number of hydrogen-bond donors (Lipinski definition) is 0. The van der Waals surface area contributed by atoms with Crippen molar-refractivity contribution in [2.75, 3.05) is 0 Å². The second-order valence-electron chi connectivity index (χ2n) is 5.49. The van der Waals surface area contributed by atoms with Crippen LogP contribution in [0.2, 0.25) is 0 Å². The topological polar surface area (TPSA) is 59.0 Å². The molecule has 3 aromatic rings. The van der Waals surface area contributed by atoms with Crippen molar-refractivity contribution in [3.63, 3.8) is 0 Å². The van der Waals surface area contributed by atoms with E-state index in [1.807, 2.05) is 42.5 Å². The van der Waals surface area contributed by atoms with Gasteiger partial charge in [-0.3, -0.25) is 24.6 Å². The summed E-state index contributed by atoms with van der Waals surface area (Å²) in [6, 6.07) is 15.5. The Morgan fingerprint density at radius 3 is 1.75 bits per heavy atom. The largest absolute Gasteiger partial charge is 0.298 e. The third-order valence-electron chi connectivity index (χ3n) is 3.59. The van der Waals surface area contributed by atoms with Crippen LogP contribution < -0.4 is 0 Å². The third kappa shape index (κ3) is 4.54. The summed E-state index contributed by atoms with van der Waals surface area (Å²) in [6.45, 7) is 2.06. The molecule has 0 N–H and O–H groups in total. The first-order valence-electron chi connectivity index (χ1n) is 7.76. The molecule has 0 bridgehead atoms. The molecule has 0 spiro atoms. The Morgan fingerprint density at radius 1 is 0.750 bits per heavy atom. The summed E-state index contributed by atoms with van der Waals surface area (Å²) < 4.78 is 0. The van der Waals surface area contributed by atoms with Gasteiger partial charge < -0.3 is 0 Å². The van der Waals surface area contributed by atoms with Crippen molar-refractivity contribution in [2.45, 2.75) is 19.6 Å². The van der Waals surface area contributed by atoms with Gasteiger partial charge in [0.05, 0.1) is 17.1 Å². The molecule has 0 aromatic carbocycles. The van der Waals surface area contributed by atoms with Crippen LogP contribution in [0.3, 0.4) is 0 Å². The normalized spacial score (nSPS) is 10.7. The number of pyridine rings is 3.